The maximum absolute atomic E-state index is 13.3. The van der Waals surface area contributed by atoms with Crippen molar-refractivity contribution in [2.24, 2.45) is 0 Å². The van der Waals surface area contributed by atoms with Crippen molar-refractivity contribution in [1.29, 1.82) is 0 Å². The summed E-state index contributed by atoms with van der Waals surface area (Å²) in [5.74, 6) is -0.846. The predicted octanol–water partition coefficient (Wildman–Crippen LogP) is 5.82. The fourth-order valence-corrected chi connectivity index (χ4v) is 4.24. The highest BCUT2D eigenvalue weighted by atomic mass is 35.5. The van der Waals surface area contributed by atoms with E-state index in [1.54, 1.807) is 12.1 Å². The van der Waals surface area contributed by atoms with Crippen molar-refractivity contribution in [2.75, 3.05) is 7.11 Å². The Hall–Kier alpha value is -3.96. The first-order chi connectivity index (χ1) is 16.8. The fraction of sp³-hybridized carbons (Fsp3) is 0.0870. The van der Waals surface area contributed by atoms with Crippen molar-refractivity contribution < 1.29 is 28.4 Å². The minimum absolute atomic E-state index is 0.0971. The molecule has 2 heterocycles. The number of hydrogen-bond acceptors (Lipinski definition) is 8. The zero-order valence-electron chi connectivity index (χ0n) is 17.9. The van der Waals surface area contributed by atoms with Crippen LogP contribution in [0.5, 0.6) is 17.4 Å². The largest absolute Gasteiger partial charge is 0.493 e. The van der Waals surface area contributed by atoms with Crippen molar-refractivity contribution in [1.82, 2.24) is 9.88 Å². The number of nitro groups is 1. The highest BCUT2D eigenvalue weighted by Crippen LogP contribution is 2.38. The molecule has 1 aliphatic heterocycles. The lowest BCUT2D eigenvalue weighted by Crippen LogP contribution is -2.27. The summed E-state index contributed by atoms with van der Waals surface area (Å²) in [6.45, 7) is -0.0971. The van der Waals surface area contributed by atoms with Gasteiger partial charge in [0.15, 0.2) is 11.5 Å². The monoisotopic (exact) mass is 515 g/mol. The van der Waals surface area contributed by atoms with Crippen molar-refractivity contribution in [3.8, 4) is 17.4 Å². The third-order valence-electron chi connectivity index (χ3n) is 4.86. The molecule has 1 aliphatic rings. The summed E-state index contributed by atoms with van der Waals surface area (Å²) in [5.41, 5.74) is 0.645. The van der Waals surface area contributed by atoms with Crippen LogP contribution in [-0.2, 0) is 11.3 Å². The Morgan fingerprint density at radius 2 is 2.00 bits per heavy atom. The molecule has 4 rings (SSSR count). The molecule has 1 fully saturated rings. The molecule has 0 radical (unpaired) electrons. The smallest absolute Gasteiger partial charge is 0.331 e. The van der Waals surface area contributed by atoms with Gasteiger partial charge in [-0.3, -0.25) is 24.6 Å². The van der Waals surface area contributed by atoms with E-state index in [2.05, 4.69) is 4.98 Å². The number of rotatable bonds is 7. The summed E-state index contributed by atoms with van der Waals surface area (Å²) in [4.78, 5) is 41.0. The molecule has 0 spiro atoms. The molecule has 3 aromatic rings. The zero-order chi connectivity index (χ0) is 25.1. The van der Waals surface area contributed by atoms with E-state index in [0.717, 1.165) is 22.7 Å². The standard InChI is InChI=1S/C23H15ClFN3O6S/c1-33-19-9-13(4-7-18(19)34-21-17(28(31)32)3-2-8-26-21)10-20-22(29)27(23(30)35-20)12-14-5-6-15(25)11-16(14)24/h2-11H,12H2,1H3. The number of halogens is 2. The summed E-state index contributed by atoms with van der Waals surface area (Å²) in [7, 11) is 1.39. The van der Waals surface area contributed by atoms with E-state index >= 15 is 0 Å². The fourth-order valence-electron chi connectivity index (χ4n) is 3.17. The topological polar surface area (TPSA) is 112 Å². The Morgan fingerprint density at radius 1 is 1.20 bits per heavy atom. The summed E-state index contributed by atoms with van der Waals surface area (Å²) in [5, 5.41) is 10.8. The molecule has 1 saturated heterocycles. The lowest BCUT2D eigenvalue weighted by molar-refractivity contribution is -0.386. The Bertz CT molecular complexity index is 1380. The molecule has 1 aromatic heterocycles. The lowest BCUT2D eigenvalue weighted by Gasteiger charge is -2.13. The number of nitrogens with zero attached hydrogens (tertiary/aromatic N) is 3. The second-order valence-electron chi connectivity index (χ2n) is 7.10. The first-order valence-corrected chi connectivity index (χ1v) is 11.1. The third kappa shape index (κ3) is 5.26. The minimum atomic E-state index is -0.613. The second kappa shape index (κ2) is 10.1. The SMILES string of the molecule is COc1cc(C=C2SC(=O)N(Cc3ccc(F)cc3Cl)C2=O)ccc1Oc1ncccc1[N+](=O)[O-]. The van der Waals surface area contributed by atoms with Crippen molar-refractivity contribution in [3.05, 3.63) is 91.7 Å². The number of imide groups is 1. The molecule has 2 amide bonds. The van der Waals surface area contributed by atoms with Crippen LogP contribution < -0.4 is 9.47 Å². The normalized spacial score (nSPS) is 14.5. The van der Waals surface area contributed by atoms with Gasteiger partial charge in [-0.1, -0.05) is 23.7 Å². The number of aromatic nitrogens is 1. The molecule has 0 unspecified atom stereocenters. The van der Waals surface area contributed by atoms with E-state index in [1.165, 1.54) is 49.7 Å². The summed E-state index contributed by atoms with van der Waals surface area (Å²) in [6.07, 6.45) is 2.87. The van der Waals surface area contributed by atoms with E-state index in [9.17, 15) is 24.1 Å². The summed E-state index contributed by atoms with van der Waals surface area (Å²) < 4.78 is 24.2. The van der Waals surface area contributed by atoms with E-state index in [0.29, 0.717) is 11.1 Å². The molecule has 0 aliphatic carbocycles. The summed E-state index contributed by atoms with van der Waals surface area (Å²) in [6, 6.07) is 11.1. The van der Waals surface area contributed by atoms with Crippen LogP contribution in [0.1, 0.15) is 11.1 Å². The number of thioether (sulfide) groups is 1. The molecular formula is C23H15ClFN3O6S. The molecule has 0 bridgehead atoms. The molecule has 2 aromatic carbocycles. The van der Waals surface area contributed by atoms with Gasteiger partial charge < -0.3 is 9.47 Å². The average Bonchev–Trinajstić information content (AvgIpc) is 3.09. The van der Waals surface area contributed by atoms with Gasteiger partial charge in [-0.25, -0.2) is 9.37 Å². The number of carbonyl (C=O) groups excluding carboxylic acids is 2. The van der Waals surface area contributed by atoms with Crippen LogP contribution in [0.2, 0.25) is 5.02 Å². The highest BCUT2D eigenvalue weighted by Gasteiger charge is 2.35. The van der Waals surface area contributed by atoms with Gasteiger partial charge in [-0.2, -0.15) is 0 Å². The molecule has 12 heteroatoms. The lowest BCUT2D eigenvalue weighted by atomic mass is 10.1. The Balaban J connectivity index is 1.56. The van der Waals surface area contributed by atoms with Crippen LogP contribution in [0, 0.1) is 15.9 Å². The van der Waals surface area contributed by atoms with Crippen LogP contribution in [0.4, 0.5) is 14.9 Å². The maximum Gasteiger partial charge on any atom is 0.331 e. The van der Waals surface area contributed by atoms with Gasteiger partial charge in [0, 0.05) is 17.3 Å². The molecular weight excluding hydrogens is 501 g/mol. The molecule has 0 N–H and O–H groups in total. The van der Waals surface area contributed by atoms with Crippen LogP contribution in [0.25, 0.3) is 6.08 Å². The number of ether oxygens (including phenoxy) is 2. The van der Waals surface area contributed by atoms with Crippen LogP contribution in [0.15, 0.2) is 59.6 Å². The van der Waals surface area contributed by atoms with Crippen molar-refractivity contribution >= 4 is 46.3 Å². The van der Waals surface area contributed by atoms with Gasteiger partial charge >= 0.3 is 5.69 Å². The molecule has 35 heavy (non-hydrogen) atoms. The van der Waals surface area contributed by atoms with Crippen molar-refractivity contribution in [2.45, 2.75) is 6.54 Å². The number of hydrogen-bond donors (Lipinski definition) is 0. The second-order valence-corrected chi connectivity index (χ2v) is 8.50. The predicted molar refractivity (Wildman–Crippen MR) is 127 cm³/mol. The zero-order valence-corrected chi connectivity index (χ0v) is 19.5. The van der Waals surface area contributed by atoms with E-state index in [1.807, 2.05) is 0 Å². The van der Waals surface area contributed by atoms with Gasteiger partial charge in [0.1, 0.15) is 5.82 Å². The van der Waals surface area contributed by atoms with Crippen LogP contribution in [0.3, 0.4) is 0 Å². The first-order valence-electron chi connectivity index (χ1n) is 9.91. The molecule has 0 atom stereocenters. The van der Waals surface area contributed by atoms with Gasteiger partial charge in [0.2, 0.25) is 0 Å². The third-order valence-corrected chi connectivity index (χ3v) is 6.12. The van der Waals surface area contributed by atoms with Gasteiger partial charge in [0.05, 0.1) is 23.5 Å². The molecule has 9 nitrogen and oxygen atoms in total. The Kier molecular flexibility index (Phi) is 6.99. The molecule has 0 saturated carbocycles. The number of pyridine rings is 1. The van der Waals surface area contributed by atoms with Gasteiger partial charge in [0.25, 0.3) is 17.0 Å². The van der Waals surface area contributed by atoms with E-state index in [4.69, 9.17) is 21.1 Å². The van der Waals surface area contributed by atoms with Crippen LogP contribution >= 0.6 is 23.4 Å². The van der Waals surface area contributed by atoms with Gasteiger partial charge in [-0.15, -0.1) is 0 Å². The number of methoxy groups -OCH3 is 1. The van der Waals surface area contributed by atoms with E-state index in [-0.39, 0.29) is 39.5 Å². The number of carbonyl (C=O) groups is 2. The quantitative estimate of drug-likeness (QED) is 0.220. The number of amides is 2. The van der Waals surface area contributed by atoms with Crippen LogP contribution in [-0.4, -0.2) is 33.1 Å². The summed E-state index contributed by atoms with van der Waals surface area (Å²) >= 11 is 6.78. The first kappa shape index (κ1) is 24.2. The Labute approximate surface area is 207 Å². The average molecular weight is 516 g/mol. The number of benzene rings is 2. The van der Waals surface area contributed by atoms with E-state index < -0.39 is 21.9 Å². The minimum Gasteiger partial charge on any atom is -0.493 e. The molecule has 178 valence electrons. The highest BCUT2D eigenvalue weighted by molar-refractivity contribution is 8.18. The maximum atomic E-state index is 13.3. The van der Waals surface area contributed by atoms with Gasteiger partial charge in [-0.05, 0) is 59.3 Å². The Morgan fingerprint density at radius 3 is 2.71 bits per heavy atom. The van der Waals surface area contributed by atoms with Crippen molar-refractivity contribution in [3.63, 3.8) is 0 Å².